The number of rotatable bonds is 4. The van der Waals surface area contributed by atoms with E-state index < -0.39 is 21.6 Å². The summed E-state index contributed by atoms with van der Waals surface area (Å²) in [5.41, 5.74) is 2.43. The molecule has 29 heavy (non-hydrogen) atoms. The predicted octanol–water partition coefficient (Wildman–Crippen LogP) is 4.68. The minimum atomic E-state index is -4.12. The van der Waals surface area contributed by atoms with E-state index in [1.54, 1.807) is 23.6 Å². The minimum absolute atomic E-state index is 0.0706. The Labute approximate surface area is 172 Å². The van der Waals surface area contributed by atoms with Gasteiger partial charge in [-0.1, -0.05) is 30.3 Å². The first-order chi connectivity index (χ1) is 13.9. The smallest absolute Gasteiger partial charge is 0.270 e. The van der Waals surface area contributed by atoms with Gasteiger partial charge in [0.15, 0.2) is 4.91 Å². The first kappa shape index (κ1) is 19.4. The Bertz CT molecular complexity index is 1230. The van der Waals surface area contributed by atoms with E-state index in [1.807, 2.05) is 25.1 Å². The predicted molar refractivity (Wildman–Crippen MR) is 113 cm³/mol. The van der Waals surface area contributed by atoms with Crippen LogP contribution in [0.1, 0.15) is 20.8 Å². The number of halogens is 1. The number of benzene rings is 2. The molecule has 0 aliphatic carbocycles. The number of carbonyl (C=O) groups is 1. The van der Waals surface area contributed by atoms with Gasteiger partial charge >= 0.3 is 0 Å². The molecule has 8 heteroatoms. The summed E-state index contributed by atoms with van der Waals surface area (Å²) < 4.78 is 41.3. The molecule has 0 unspecified atom stereocenters. The first-order valence-electron chi connectivity index (χ1n) is 8.79. The van der Waals surface area contributed by atoms with E-state index in [2.05, 4.69) is 5.32 Å². The summed E-state index contributed by atoms with van der Waals surface area (Å²) in [5, 5.41) is 4.62. The van der Waals surface area contributed by atoms with Gasteiger partial charge in [-0.3, -0.25) is 9.10 Å². The Balaban J connectivity index is 1.77. The summed E-state index contributed by atoms with van der Waals surface area (Å²) in [7, 11) is -4.12. The van der Waals surface area contributed by atoms with Crippen LogP contribution >= 0.6 is 11.3 Å². The maximum Gasteiger partial charge on any atom is 0.270 e. The molecule has 0 atom stereocenters. The Kier molecular flexibility index (Phi) is 4.97. The number of anilines is 2. The SMILES string of the molecule is Cc1ccccc1N/C=C1/C(=O)c2sccc2N(Cc2cccc(F)c2)S1(=O)=O. The van der Waals surface area contributed by atoms with Crippen molar-refractivity contribution >= 4 is 38.5 Å². The number of nitrogens with one attached hydrogen (secondary N) is 1. The van der Waals surface area contributed by atoms with Gasteiger partial charge in [-0.05, 0) is 47.7 Å². The van der Waals surface area contributed by atoms with Gasteiger partial charge in [-0.25, -0.2) is 12.8 Å². The summed E-state index contributed by atoms with van der Waals surface area (Å²) >= 11 is 1.18. The number of hydrogen-bond acceptors (Lipinski definition) is 5. The summed E-state index contributed by atoms with van der Waals surface area (Å²) in [6.07, 6.45) is 1.24. The third-order valence-corrected chi connectivity index (χ3v) is 7.30. The van der Waals surface area contributed by atoms with Gasteiger partial charge in [0.25, 0.3) is 10.0 Å². The number of allylic oxidation sites excluding steroid dienone is 1. The van der Waals surface area contributed by atoms with E-state index in [9.17, 15) is 17.6 Å². The number of thiophene rings is 1. The monoisotopic (exact) mass is 428 g/mol. The molecule has 0 radical (unpaired) electrons. The number of nitrogens with zero attached hydrogens (tertiary/aromatic N) is 1. The van der Waals surface area contributed by atoms with Crippen molar-refractivity contribution in [3.05, 3.63) is 92.9 Å². The van der Waals surface area contributed by atoms with Crippen molar-refractivity contribution < 1.29 is 17.6 Å². The molecule has 1 aliphatic heterocycles. The minimum Gasteiger partial charge on any atom is -0.360 e. The lowest BCUT2D eigenvalue weighted by Gasteiger charge is -2.29. The molecular formula is C21H17FN2O3S2. The van der Waals surface area contributed by atoms with Crippen LogP contribution in [-0.2, 0) is 16.6 Å². The van der Waals surface area contributed by atoms with Crippen LogP contribution in [0.2, 0.25) is 0 Å². The van der Waals surface area contributed by atoms with E-state index in [0.29, 0.717) is 21.8 Å². The maximum atomic E-state index is 13.6. The first-order valence-corrected chi connectivity index (χ1v) is 11.1. The standard InChI is InChI=1S/C21H17FN2O3S2/c1-14-5-2-3-8-17(14)23-12-19-20(25)21-18(9-10-28-21)24(29(19,26)27)13-15-6-4-7-16(22)11-15/h2-12,23H,13H2,1H3/b19-12-. The lowest BCUT2D eigenvalue weighted by molar-refractivity contribution is 0.104. The van der Waals surface area contributed by atoms with E-state index in [4.69, 9.17) is 0 Å². The van der Waals surface area contributed by atoms with Gasteiger partial charge in [-0.2, -0.15) is 0 Å². The van der Waals surface area contributed by atoms with Crippen molar-refractivity contribution in [2.45, 2.75) is 13.5 Å². The number of ketones is 1. The topological polar surface area (TPSA) is 66.5 Å². The molecule has 0 amide bonds. The van der Waals surface area contributed by atoms with Gasteiger partial charge in [0, 0.05) is 11.9 Å². The van der Waals surface area contributed by atoms with Crippen LogP contribution in [0.5, 0.6) is 0 Å². The number of para-hydroxylation sites is 1. The molecule has 2 aromatic carbocycles. The largest absolute Gasteiger partial charge is 0.360 e. The summed E-state index contributed by atoms with van der Waals surface area (Å²) in [6.45, 7) is 1.81. The van der Waals surface area contributed by atoms with Crippen LogP contribution < -0.4 is 9.62 Å². The van der Waals surface area contributed by atoms with E-state index in [1.165, 1.54) is 35.7 Å². The van der Waals surface area contributed by atoms with Crippen LogP contribution in [0.25, 0.3) is 0 Å². The van der Waals surface area contributed by atoms with Crippen LogP contribution in [0.4, 0.5) is 15.8 Å². The molecule has 1 N–H and O–H groups in total. The zero-order chi connectivity index (χ0) is 20.6. The van der Waals surface area contributed by atoms with Crippen molar-refractivity contribution in [2.75, 3.05) is 9.62 Å². The van der Waals surface area contributed by atoms with E-state index >= 15 is 0 Å². The van der Waals surface area contributed by atoms with Crippen LogP contribution in [0.3, 0.4) is 0 Å². The Morgan fingerprint density at radius 1 is 1.14 bits per heavy atom. The van der Waals surface area contributed by atoms with Crippen LogP contribution in [-0.4, -0.2) is 14.2 Å². The zero-order valence-electron chi connectivity index (χ0n) is 15.4. The average Bonchev–Trinajstić information content (AvgIpc) is 3.16. The fourth-order valence-corrected chi connectivity index (χ4v) is 5.62. The van der Waals surface area contributed by atoms with Crippen molar-refractivity contribution in [1.82, 2.24) is 0 Å². The molecule has 4 rings (SSSR count). The van der Waals surface area contributed by atoms with Crippen molar-refractivity contribution in [3.8, 4) is 0 Å². The van der Waals surface area contributed by atoms with Crippen molar-refractivity contribution in [3.63, 3.8) is 0 Å². The highest BCUT2D eigenvalue weighted by molar-refractivity contribution is 7.97. The van der Waals surface area contributed by atoms with Gasteiger partial charge in [0.1, 0.15) is 10.7 Å². The molecule has 5 nitrogen and oxygen atoms in total. The Hall–Kier alpha value is -2.97. The maximum absolute atomic E-state index is 13.6. The summed E-state index contributed by atoms with van der Waals surface area (Å²) in [4.78, 5) is 12.9. The quantitative estimate of drug-likeness (QED) is 0.613. The number of hydrogen-bond donors (Lipinski definition) is 1. The second kappa shape index (κ2) is 7.46. The van der Waals surface area contributed by atoms with Gasteiger partial charge in [0.05, 0.1) is 12.2 Å². The normalized spacial score (nSPS) is 16.7. The van der Waals surface area contributed by atoms with Crippen LogP contribution in [0.15, 0.2) is 71.1 Å². The van der Waals surface area contributed by atoms with Gasteiger partial charge < -0.3 is 5.32 Å². The number of Topliss-reactive ketones (excluding diaryl/α,β-unsaturated/α-hetero) is 1. The van der Waals surface area contributed by atoms with Gasteiger partial charge in [-0.15, -0.1) is 11.3 Å². The molecule has 2 heterocycles. The highest BCUT2D eigenvalue weighted by atomic mass is 32.2. The third-order valence-electron chi connectivity index (χ3n) is 4.63. The number of sulfonamides is 1. The molecule has 0 fully saturated rings. The molecule has 3 aromatic rings. The van der Waals surface area contributed by atoms with E-state index in [-0.39, 0.29) is 11.4 Å². The number of fused-ring (bicyclic) bond motifs is 1. The van der Waals surface area contributed by atoms with Crippen molar-refractivity contribution in [1.29, 1.82) is 0 Å². The fourth-order valence-electron chi connectivity index (χ4n) is 3.14. The lowest BCUT2D eigenvalue weighted by atomic mass is 10.2. The molecule has 0 bridgehead atoms. The Morgan fingerprint density at radius 2 is 1.93 bits per heavy atom. The van der Waals surface area contributed by atoms with E-state index in [0.717, 1.165) is 9.87 Å². The molecule has 0 spiro atoms. The van der Waals surface area contributed by atoms with Gasteiger partial charge in [0.2, 0.25) is 5.78 Å². The van der Waals surface area contributed by atoms with Crippen LogP contribution in [0, 0.1) is 12.7 Å². The lowest BCUT2D eigenvalue weighted by Crippen LogP contribution is -2.38. The molecular weight excluding hydrogens is 411 g/mol. The third kappa shape index (κ3) is 3.56. The molecule has 1 aromatic heterocycles. The fraction of sp³-hybridized carbons (Fsp3) is 0.0952. The summed E-state index contributed by atoms with van der Waals surface area (Å²) in [5.74, 6) is -0.998. The number of carbonyl (C=O) groups excluding carboxylic acids is 1. The summed E-state index contributed by atoms with van der Waals surface area (Å²) in [6, 6.07) is 14.7. The number of aryl methyl sites for hydroxylation is 1. The molecule has 1 aliphatic rings. The second-order valence-corrected chi connectivity index (χ2v) is 9.32. The Morgan fingerprint density at radius 3 is 2.69 bits per heavy atom. The highest BCUT2D eigenvalue weighted by Crippen LogP contribution is 2.39. The highest BCUT2D eigenvalue weighted by Gasteiger charge is 2.41. The molecule has 0 saturated heterocycles. The zero-order valence-corrected chi connectivity index (χ0v) is 17.1. The second-order valence-electron chi connectivity index (χ2n) is 6.57. The average molecular weight is 429 g/mol. The van der Waals surface area contributed by atoms with Crippen molar-refractivity contribution in [2.24, 2.45) is 0 Å². The molecule has 148 valence electrons. The molecule has 0 saturated carbocycles.